The normalized spacial score (nSPS) is 10.2. The van der Waals surface area contributed by atoms with E-state index in [0.717, 1.165) is 12.8 Å². The lowest BCUT2D eigenvalue weighted by molar-refractivity contribution is 0.1000. The Labute approximate surface area is 102 Å². The van der Waals surface area contributed by atoms with Gasteiger partial charge in [-0.1, -0.05) is 26.2 Å². The average Bonchev–Trinajstić information content (AvgIpc) is 2.30. The van der Waals surface area contributed by atoms with E-state index in [1.54, 1.807) is 18.2 Å². The van der Waals surface area contributed by atoms with Crippen molar-refractivity contribution in [3.05, 3.63) is 23.8 Å². The minimum absolute atomic E-state index is 0.419. The number of ether oxygens (including phenoxy) is 1. The van der Waals surface area contributed by atoms with Crippen molar-refractivity contribution in [2.75, 3.05) is 12.3 Å². The molecule has 1 rings (SSSR count). The smallest absolute Gasteiger partial charge is 0.248 e. The molecular formula is C13H20N2O2. The largest absolute Gasteiger partial charge is 0.491 e. The van der Waals surface area contributed by atoms with Crippen molar-refractivity contribution in [1.29, 1.82) is 0 Å². The monoisotopic (exact) mass is 236 g/mol. The molecule has 0 aliphatic heterocycles. The van der Waals surface area contributed by atoms with Crippen LogP contribution in [0, 0.1) is 0 Å². The van der Waals surface area contributed by atoms with Crippen LogP contribution in [-0.4, -0.2) is 12.5 Å². The number of rotatable bonds is 7. The molecule has 0 spiro atoms. The van der Waals surface area contributed by atoms with Gasteiger partial charge in [0.05, 0.1) is 12.3 Å². The van der Waals surface area contributed by atoms with Gasteiger partial charge in [-0.25, -0.2) is 0 Å². The molecule has 1 aromatic rings. The highest BCUT2D eigenvalue weighted by molar-refractivity contribution is 5.93. The van der Waals surface area contributed by atoms with Crippen molar-refractivity contribution in [1.82, 2.24) is 0 Å². The van der Waals surface area contributed by atoms with Gasteiger partial charge in [0, 0.05) is 5.56 Å². The summed E-state index contributed by atoms with van der Waals surface area (Å²) in [6, 6.07) is 4.83. The summed E-state index contributed by atoms with van der Waals surface area (Å²) in [5.41, 5.74) is 11.9. The number of amides is 1. The van der Waals surface area contributed by atoms with Gasteiger partial charge in [-0.3, -0.25) is 4.79 Å². The standard InChI is InChI=1S/C13H20N2O2/c1-2-3-4-5-8-17-12-9-10(13(15)16)6-7-11(12)14/h6-7,9H,2-5,8,14H2,1H3,(H2,15,16). The molecular weight excluding hydrogens is 216 g/mol. The third-order valence-corrected chi connectivity index (χ3v) is 2.55. The van der Waals surface area contributed by atoms with E-state index < -0.39 is 5.91 Å². The molecule has 4 N–H and O–H groups in total. The Balaban J connectivity index is 2.51. The molecule has 17 heavy (non-hydrogen) atoms. The van der Waals surface area contributed by atoms with E-state index in [0.29, 0.717) is 23.6 Å². The topological polar surface area (TPSA) is 78.3 Å². The first-order valence-corrected chi connectivity index (χ1v) is 5.97. The summed E-state index contributed by atoms with van der Waals surface area (Å²) in [6.45, 7) is 2.78. The average molecular weight is 236 g/mol. The van der Waals surface area contributed by atoms with E-state index in [4.69, 9.17) is 16.2 Å². The van der Waals surface area contributed by atoms with Crippen LogP contribution < -0.4 is 16.2 Å². The molecule has 94 valence electrons. The van der Waals surface area contributed by atoms with Crippen molar-refractivity contribution in [2.45, 2.75) is 32.6 Å². The third kappa shape index (κ3) is 4.34. The highest BCUT2D eigenvalue weighted by atomic mass is 16.5. The first-order chi connectivity index (χ1) is 8.15. The van der Waals surface area contributed by atoms with Crippen LogP contribution in [-0.2, 0) is 0 Å². The van der Waals surface area contributed by atoms with Gasteiger partial charge in [0.2, 0.25) is 5.91 Å². The second kappa shape index (κ2) is 6.78. The van der Waals surface area contributed by atoms with E-state index in [2.05, 4.69) is 6.92 Å². The number of nitrogen functional groups attached to an aromatic ring is 1. The molecule has 1 amide bonds. The van der Waals surface area contributed by atoms with Crippen molar-refractivity contribution in [2.24, 2.45) is 5.73 Å². The summed E-state index contributed by atoms with van der Waals surface area (Å²) in [5, 5.41) is 0. The molecule has 0 aliphatic rings. The number of unbranched alkanes of at least 4 members (excludes halogenated alkanes) is 3. The van der Waals surface area contributed by atoms with Crippen LogP contribution in [0.15, 0.2) is 18.2 Å². The zero-order valence-electron chi connectivity index (χ0n) is 10.2. The lowest BCUT2D eigenvalue weighted by atomic mass is 10.2. The van der Waals surface area contributed by atoms with Crippen molar-refractivity contribution in [3.63, 3.8) is 0 Å². The zero-order chi connectivity index (χ0) is 12.7. The summed E-state index contributed by atoms with van der Waals surface area (Å²) >= 11 is 0. The van der Waals surface area contributed by atoms with Gasteiger partial charge in [0.25, 0.3) is 0 Å². The summed E-state index contributed by atoms with van der Waals surface area (Å²) < 4.78 is 5.54. The van der Waals surface area contributed by atoms with Crippen LogP contribution in [0.1, 0.15) is 43.0 Å². The van der Waals surface area contributed by atoms with Crippen LogP contribution in [0.25, 0.3) is 0 Å². The third-order valence-electron chi connectivity index (χ3n) is 2.55. The lowest BCUT2D eigenvalue weighted by Crippen LogP contribution is -2.11. The maximum Gasteiger partial charge on any atom is 0.248 e. The van der Waals surface area contributed by atoms with Crippen molar-refractivity contribution in [3.8, 4) is 5.75 Å². The molecule has 1 aromatic carbocycles. The van der Waals surface area contributed by atoms with Crippen molar-refractivity contribution >= 4 is 11.6 Å². The van der Waals surface area contributed by atoms with Gasteiger partial charge >= 0.3 is 0 Å². The highest BCUT2D eigenvalue weighted by Crippen LogP contribution is 2.22. The van der Waals surface area contributed by atoms with Gasteiger partial charge in [-0.2, -0.15) is 0 Å². The molecule has 0 atom stereocenters. The van der Waals surface area contributed by atoms with E-state index in [1.807, 2.05) is 0 Å². The Morgan fingerprint density at radius 2 is 2.06 bits per heavy atom. The van der Waals surface area contributed by atoms with Gasteiger partial charge in [0.1, 0.15) is 5.75 Å². The molecule has 0 fully saturated rings. The minimum atomic E-state index is -0.471. The molecule has 0 saturated carbocycles. The van der Waals surface area contributed by atoms with E-state index in [9.17, 15) is 4.79 Å². The minimum Gasteiger partial charge on any atom is -0.491 e. The predicted molar refractivity (Wildman–Crippen MR) is 69.0 cm³/mol. The zero-order valence-corrected chi connectivity index (χ0v) is 10.2. The summed E-state index contributed by atoms with van der Waals surface area (Å²) in [6.07, 6.45) is 4.54. The van der Waals surface area contributed by atoms with Gasteiger partial charge in [0.15, 0.2) is 0 Å². The fourth-order valence-electron chi connectivity index (χ4n) is 1.52. The number of hydrogen-bond acceptors (Lipinski definition) is 3. The molecule has 0 bridgehead atoms. The summed E-state index contributed by atoms with van der Waals surface area (Å²) in [7, 11) is 0. The second-order valence-electron chi connectivity index (χ2n) is 4.03. The molecule has 0 radical (unpaired) electrons. The number of primary amides is 1. The number of anilines is 1. The maximum absolute atomic E-state index is 11.0. The Morgan fingerprint density at radius 1 is 1.29 bits per heavy atom. The number of nitrogens with two attached hydrogens (primary N) is 2. The first kappa shape index (κ1) is 13.4. The van der Waals surface area contributed by atoms with Crippen LogP contribution in [0.4, 0.5) is 5.69 Å². The van der Waals surface area contributed by atoms with Crippen LogP contribution in [0.5, 0.6) is 5.75 Å². The van der Waals surface area contributed by atoms with Gasteiger partial charge in [-0.05, 0) is 24.6 Å². The van der Waals surface area contributed by atoms with E-state index in [-0.39, 0.29) is 0 Å². The number of carbonyl (C=O) groups is 1. The molecule has 0 aliphatic carbocycles. The number of carbonyl (C=O) groups excluding carboxylic acids is 1. The Kier molecular flexibility index (Phi) is 5.33. The van der Waals surface area contributed by atoms with Crippen LogP contribution in [0.3, 0.4) is 0 Å². The molecule has 4 heteroatoms. The summed E-state index contributed by atoms with van der Waals surface area (Å²) in [4.78, 5) is 11.0. The Hall–Kier alpha value is -1.71. The van der Waals surface area contributed by atoms with Crippen LogP contribution >= 0.6 is 0 Å². The SMILES string of the molecule is CCCCCCOc1cc(C(N)=O)ccc1N. The fourth-order valence-corrected chi connectivity index (χ4v) is 1.52. The molecule has 0 saturated heterocycles. The molecule has 0 aromatic heterocycles. The molecule has 0 heterocycles. The Morgan fingerprint density at radius 3 is 2.71 bits per heavy atom. The first-order valence-electron chi connectivity index (χ1n) is 5.97. The quantitative estimate of drug-likeness (QED) is 0.563. The van der Waals surface area contributed by atoms with E-state index >= 15 is 0 Å². The number of benzene rings is 1. The Bertz CT molecular complexity index is 378. The molecule has 4 nitrogen and oxygen atoms in total. The lowest BCUT2D eigenvalue weighted by Gasteiger charge is -2.09. The van der Waals surface area contributed by atoms with Gasteiger partial charge in [-0.15, -0.1) is 0 Å². The second-order valence-corrected chi connectivity index (χ2v) is 4.03. The highest BCUT2D eigenvalue weighted by Gasteiger charge is 2.05. The molecule has 0 unspecified atom stereocenters. The van der Waals surface area contributed by atoms with Crippen LogP contribution in [0.2, 0.25) is 0 Å². The summed E-state index contributed by atoms with van der Waals surface area (Å²) in [5.74, 6) is 0.0682. The van der Waals surface area contributed by atoms with Crippen molar-refractivity contribution < 1.29 is 9.53 Å². The van der Waals surface area contributed by atoms with E-state index in [1.165, 1.54) is 12.8 Å². The maximum atomic E-state index is 11.0. The predicted octanol–water partition coefficient (Wildman–Crippen LogP) is 2.33. The van der Waals surface area contributed by atoms with Gasteiger partial charge < -0.3 is 16.2 Å². The number of hydrogen-bond donors (Lipinski definition) is 2. The fraction of sp³-hybridized carbons (Fsp3) is 0.462.